The summed E-state index contributed by atoms with van der Waals surface area (Å²) in [5, 5.41) is 0. The van der Waals surface area contributed by atoms with Crippen LogP contribution in [0.2, 0.25) is 0 Å². The number of urea groups is 1. The van der Waals surface area contributed by atoms with E-state index in [0.29, 0.717) is 18.0 Å². The van der Waals surface area contributed by atoms with Gasteiger partial charge < -0.3 is 19.6 Å². The molecule has 0 saturated carbocycles. The first-order chi connectivity index (χ1) is 13.0. The number of amides is 2. The Hall–Kier alpha value is -1.64. The molecule has 1 rings (SSSR count). The summed E-state index contributed by atoms with van der Waals surface area (Å²) in [6, 6.07) is 8.21. The van der Waals surface area contributed by atoms with Crippen molar-refractivity contribution in [3.8, 4) is 0 Å². The minimum Gasteiger partial charge on any atom is -0.322 e. The zero-order chi connectivity index (χ0) is 21.3. The number of hydrogen-bond acceptors (Lipinski definition) is 5. The average Bonchev–Trinajstić information content (AvgIpc) is 2.61. The van der Waals surface area contributed by atoms with Crippen molar-refractivity contribution in [3.63, 3.8) is 0 Å². The fraction of sp³-hybridized carbons (Fsp3) is 0.650. The molecular weight excluding hydrogens is 376 g/mol. The Morgan fingerprint density at radius 1 is 0.857 bits per heavy atom. The van der Waals surface area contributed by atoms with E-state index in [9.17, 15) is 13.2 Å². The third-order valence-corrected chi connectivity index (χ3v) is 6.19. The summed E-state index contributed by atoms with van der Waals surface area (Å²) >= 11 is 0. The summed E-state index contributed by atoms with van der Waals surface area (Å²) in [5.74, 6) is -0.0872. The number of rotatable bonds is 11. The first-order valence-electron chi connectivity index (χ1n) is 9.67. The topological polar surface area (TPSA) is 64.2 Å². The van der Waals surface area contributed by atoms with E-state index in [1.807, 2.05) is 56.7 Å². The third kappa shape index (κ3) is 8.16. The zero-order valence-electron chi connectivity index (χ0n) is 18.1. The minimum absolute atomic E-state index is 0.0836. The van der Waals surface area contributed by atoms with Crippen LogP contribution in [0.25, 0.3) is 0 Å². The molecule has 0 aromatic heterocycles. The highest BCUT2D eigenvalue weighted by Crippen LogP contribution is 2.12. The van der Waals surface area contributed by atoms with Crippen molar-refractivity contribution in [2.45, 2.75) is 24.8 Å². The first-order valence-corrected chi connectivity index (χ1v) is 11.3. The van der Waals surface area contributed by atoms with Crippen LogP contribution < -0.4 is 0 Å². The molecule has 0 saturated heterocycles. The lowest BCUT2D eigenvalue weighted by atomic mass is 10.3. The Balaban J connectivity index is 2.88. The van der Waals surface area contributed by atoms with Crippen LogP contribution in [0, 0.1) is 0 Å². The number of nitrogens with zero attached hydrogens (tertiary/aromatic N) is 4. The predicted octanol–water partition coefficient (Wildman–Crippen LogP) is 1.72. The van der Waals surface area contributed by atoms with Crippen molar-refractivity contribution in [2.75, 3.05) is 66.7 Å². The molecule has 0 aliphatic heterocycles. The van der Waals surface area contributed by atoms with Gasteiger partial charge in [0.25, 0.3) is 0 Å². The molecule has 0 aliphatic rings. The van der Waals surface area contributed by atoms with Gasteiger partial charge in [-0.1, -0.05) is 18.2 Å². The Labute approximate surface area is 170 Å². The third-order valence-electron chi connectivity index (χ3n) is 4.48. The standard InChI is InChI=1S/C20H36N4O3S/c1-18(2)24(16-17-28(26,27)19-10-8-7-9-11-19)20(25)23(14-12-21(3)4)15-13-22(5)6/h7-11,18H,12-17H2,1-6H3. The highest BCUT2D eigenvalue weighted by atomic mass is 32.2. The summed E-state index contributed by atoms with van der Waals surface area (Å²) in [4.78, 5) is 21.0. The van der Waals surface area contributed by atoms with Gasteiger partial charge in [-0.3, -0.25) is 0 Å². The molecule has 28 heavy (non-hydrogen) atoms. The number of likely N-dealkylation sites (N-methyl/N-ethyl adjacent to an activating group) is 2. The van der Waals surface area contributed by atoms with Gasteiger partial charge in [0.05, 0.1) is 10.6 Å². The van der Waals surface area contributed by atoms with E-state index in [1.54, 1.807) is 35.2 Å². The van der Waals surface area contributed by atoms with Crippen LogP contribution in [0.15, 0.2) is 35.2 Å². The van der Waals surface area contributed by atoms with Crippen LogP contribution in [0.3, 0.4) is 0 Å². The Bertz CT molecular complexity index is 679. The fourth-order valence-electron chi connectivity index (χ4n) is 2.67. The van der Waals surface area contributed by atoms with Crippen molar-refractivity contribution >= 4 is 15.9 Å². The van der Waals surface area contributed by atoms with E-state index in [-0.39, 0.29) is 24.4 Å². The summed E-state index contributed by atoms with van der Waals surface area (Å²) in [5.41, 5.74) is 0. The van der Waals surface area contributed by atoms with Gasteiger partial charge in [-0.05, 0) is 54.2 Å². The molecule has 2 amide bonds. The Morgan fingerprint density at radius 3 is 1.79 bits per heavy atom. The first kappa shape index (κ1) is 24.4. The highest BCUT2D eigenvalue weighted by Gasteiger charge is 2.25. The number of sulfone groups is 1. The largest absolute Gasteiger partial charge is 0.322 e. The maximum absolute atomic E-state index is 13.2. The molecule has 0 atom stereocenters. The maximum atomic E-state index is 13.2. The second kappa shape index (κ2) is 11.4. The predicted molar refractivity (Wildman–Crippen MR) is 114 cm³/mol. The molecule has 0 heterocycles. The number of hydrogen-bond donors (Lipinski definition) is 0. The quantitative estimate of drug-likeness (QED) is 0.554. The molecule has 1 aromatic rings. The van der Waals surface area contributed by atoms with Crippen molar-refractivity contribution in [1.29, 1.82) is 0 Å². The average molecular weight is 413 g/mol. The molecule has 7 nitrogen and oxygen atoms in total. The minimum atomic E-state index is -3.43. The lowest BCUT2D eigenvalue weighted by molar-refractivity contribution is 0.135. The van der Waals surface area contributed by atoms with Crippen molar-refractivity contribution in [3.05, 3.63) is 30.3 Å². The normalized spacial score (nSPS) is 12.0. The summed E-state index contributed by atoms with van der Waals surface area (Å²) in [6.07, 6.45) is 0. The Morgan fingerprint density at radius 2 is 1.36 bits per heavy atom. The van der Waals surface area contributed by atoms with Crippen LogP contribution in [-0.4, -0.2) is 107 Å². The van der Waals surface area contributed by atoms with Gasteiger partial charge in [-0.15, -0.1) is 0 Å². The molecule has 0 N–H and O–H groups in total. The van der Waals surface area contributed by atoms with Gasteiger partial charge in [0, 0.05) is 38.8 Å². The number of carbonyl (C=O) groups is 1. The van der Waals surface area contributed by atoms with Crippen LogP contribution in [0.1, 0.15) is 13.8 Å². The summed E-state index contributed by atoms with van der Waals surface area (Å²) < 4.78 is 25.2. The SMILES string of the molecule is CC(C)N(CCS(=O)(=O)c1ccccc1)C(=O)N(CCN(C)C)CCN(C)C. The van der Waals surface area contributed by atoms with Gasteiger partial charge >= 0.3 is 6.03 Å². The number of benzene rings is 1. The zero-order valence-corrected chi connectivity index (χ0v) is 18.9. The lowest BCUT2D eigenvalue weighted by Crippen LogP contribution is -2.51. The van der Waals surface area contributed by atoms with Gasteiger partial charge in [-0.2, -0.15) is 0 Å². The smallest absolute Gasteiger partial charge is 0.320 e. The molecule has 1 aromatic carbocycles. The second-order valence-corrected chi connectivity index (χ2v) is 9.90. The summed E-state index contributed by atoms with van der Waals surface area (Å²) in [7, 11) is 4.47. The van der Waals surface area contributed by atoms with Crippen molar-refractivity contribution < 1.29 is 13.2 Å². The molecule has 0 spiro atoms. The molecule has 0 aliphatic carbocycles. The lowest BCUT2D eigenvalue weighted by Gasteiger charge is -2.34. The molecule has 0 bridgehead atoms. The highest BCUT2D eigenvalue weighted by molar-refractivity contribution is 7.91. The van der Waals surface area contributed by atoms with E-state index in [1.165, 1.54) is 0 Å². The van der Waals surface area contributed by atoms with E-state index in [4.69, 9.17) is 0 Å². The maximum Gasteiger partial charge on any atom is 0.320 e. The van der Waals surface area contributed by atoms with Gasteiger partial charge in [0.15, 0.2) is 9.84 Å². The molecule has 0 unspecified atom stereocenters. The molecule has 8 heteroatoms. The molecule has 0 fully saturated rings. The van der Waals surface area contributed by atoms with Gasteiger partial charge in [0.2, 0.25) is 0 Å². The van der Waals surface area contributed by atoms with E-state index in [0.717, 1.165) is 13.1 Å². The van der Waals surface area contributed by atoms with Gasteiger partial charge in [0.1, 0.15) is 0 Å². The molecular formula is C20H36N4O3S. The molecule has 0 radical (unpaired) electrons. The Kier molecular flexibility index (Phi) is 9.92. The number of carbonyl (C=O) groups excluding carboxylic acids is 1. The van der Waals surface area contributed by atoms with Crippen LogP contribution >= 0.6 is 0 Å². The van der Waals surface area contributed by atoms with Crippen LogP contribution in [0.4, 0.5) is 4.79 Å². The summed E-state index contributed by atoms with van der Waals surface area (Å²) in [6.45, 7) is 6.74. The molecule has 160 valence electrons. The van der Waals surface area contributed by atoms with E-state index >= 15 is 0 Å². The van der Waals surface area contributed by atoms with Crippen molar-refractivity contribution in [2.24, 2.45) is 0 Å². The van der Waals surface area contributed by atoms with Crippen molar-refractivity contribution in [1.82, 2.24) is 19.6 Å². The second-order valence-electron chi connectivity index (χ2n) is 7.80. The van der Waals surface area contributed by atoms with Crippen LogP contribution in [0.5, 0.6) is 0 Å². The fourth-order valence-corrected chi connectivity index (χ4v) is 3.91. The van der Waals surface area contributed by atoms with E-state index < -0.39 is 9.84 Å². The van der Waals surface area contributed by atoms with Crippen LogP contribution in [-0.2, 0) is 9.84 Å². The monoisotopic (exact) mass is 412 g/mol. The van der Waals surface area contributed by atoms with E-state index in [2.05, 4.69) is 0 Å². The van der Waals surface area contributed by atoms with Gasteiger partial charge in [-0.25, -0.2) is 13.2 Å².